The number of likely N-dealkylation sites (N-methyl/N-ethyl adjacent to an activating group) is 3. The average Bonchev–Trinajstić information content (AvgIpc) is 2.73. The highest BCUT2D eigenvalue weighted by Gasteiger charge is 2.27. The van der Waals surface area contributed by atoms with Crippen molar-refractivity contribution in [3.63, 3.8) is 0 Å². The molecule has 0 aliphatic carbocycles. The Morgan fingerprint density at radius 3 is 2.64 bits per heavy atom. The van der Waals surface area contributed by atoms with Crippen molar-refractivity contribution in [1.29, 1.82) is 0 Å². The molecule has 0 aromatic rings. The highest BCUT2D eigenvalue weighted by molar-refractivity contribution is 5.81. The molecule has 0 radical (unpaired) electrons. The number of guanidine groups is 1. The molecule has 0 spiro atoms. The minimum absolute atomic E-state index is 0.652. The van der Waals surface area contributed by atoms with Crippen LogP contribution in [0.3, 0.4) is 0 Å². The maximum absolute atomic E-state index is 4.54. The molecule has 0 aromatic carbocycles. The van der Waals surface area contributed by atoms with Crippen LogP contribution < -0.4 is 0 Å². The van der Waals surface area contributed by atoms with E-state index < -0.39 is 0 Å². The minimum atomic E-state index is 0.652. The normalized spacial score (nSPS) is 28.4. The summed E-state index contributed by atoms with van der Waals surface area (Å²) in [6, 6.07) is 0.652. The lowest BCUT2D eigenvalue weighted by Gasteiger charge is -2.30. The van der Waals surface area contributed by atoms with Gasteiger partial charge in [-0.15, -0.1) is 0 Å². The van der Waals surface area contributed by atoms with Crippen LogP contribution in [0.5, 0.6) is 0 Å². The molecule has 2 heterocycles. The van der Waals surface area contributed by atoms with Crippen LogP contribution in [0.15, 0.2) is 4.99 Å². The molecule has 80 valence electrons. The number of nitrogens with zero attached hydrogens (tertiary/aromatic N) is 4. The van der Waals surface area contributed by atoms with Gasteiger partial charge in [-0.05, 0) is 20.0 Å². The Kier molecular flexibility index (Phi) is 2.63. The van der Waals surface area contributed by atoms with E-state index in [1.54, 1.807) is 0 Å². The van der Waals surface area contributed by atoms with Crippen molar-refractivity contribution >= 4 is 5.96 Å². The molecule has 1 saturated heterocycles. The van der Waals surface area contributed by atoms with Crippen LogP contribution in [0.25, 0.3) is 0 Å². The van der Waals surface area contributed by atoms with Gasteiger partial charge in [0.1, 0.15) is 0 Å². The Morgan fingerprint density at radius 1 is 1.36 bits per heavy atom. The van der Waals surface area contributed by atoms with Gasteiger partial charge < -0.3 is 14.7 Å². The number of rotatable bonds is 1. The fraction of sp³-hybridized carbons (Fsp3) is 0.900. The van der Waals surface area contributed by atoms with Crippen molar-refractivity contribution in [2.45, 2.75) is 12.5 Å². The largest absolute Gasteiger partial charge is 0.344 e. The van der Waals surface area contributed by atoms with Gasteiger partial charge in [-0.25, -0.2) is 0 Å². The van der Waals surface area contributed by atoms with Crippen molar-refractivity contribution in [3.8, 4) is 0 Å². The summed E-state index contributed by atoms with van der Waals surface area (Å²) in [7, 11) is 6.49. The van der Waals surface area contributed by atoms with Crippen molar-refractivity contribution in [1.82, 2.24) is 14.7 Å². The number of hydrogen-bond acceptors (Lipinski definition) is 4. The Bertz CT molecular complexity index is 238. The quantitative estimate of drug-likeness (QED) is 0.586. The molecular formula is C10H20N4. The van der Waals surface area contributed by atoms with Gasteiger partial charge in [0.2, 0.25) is 0 Å². The van der Waals surface area contributed by atoms with Crippen LogP contribution >= 0.6 is 0 Å². The van der Waals surface area contributed by atoms with Crippen LogP contribution in [0, 0.1) is 0 Å². The molecule has 4 nitrogen and oxygen atoms in total. The van der Waals surface area contributed by atoms with Gasteiger partial charge in [0.15, 0.2) is 5.96 Å². The zero-order chi connectivity index (χ0) is 10.1. The van der Waals surface area contributed by atoms with Gasteiger partial charge in [-0.2, -0.15) is 0 Å². The molecule has 1 atom stereocenters. The maximum Gasteiger partial charge on any atom is 0.196 e. The first-order chi connectivity index (χ1) is 6.68. The molecular weight excluding hydrogens is 176 g/mol. The summed E-state index contributed by atoms with van der Waals surface area (Å²) in [5, 5.41) is 0. The summed E-state index contributed by atoms with van der Waals surface area (Å²) in [5.74, 6) is 1.17. The summed E-state index contributed by atoms with van der Waals surface area (Å²) >= 11 is 0. The van der Waals surface area contributed by atoms with E-state index in [2.05, 4.69) is 40.8 Å². The smallest absolute Gasteiger partial charge is 0.196 e. The SMILES string of the molecule is CN1CCC(N(C)C2=NCCN2C)C1. The predicted molar refractivity (Wildman–Crippen MR) is 58.6 cm³/mol. The molecule has 1 fully saturated rings. The molecule has 14 heavy (non-hydrogen) atoms. The van der Waals surface area contributed by atoms with Gasteiger partial charge in [0.25, 0.3) is 0 Å². The lowest BCUT2D eigenvalue weighted by molar-refractivity contribution is 0.316. The van der Waals surface area contributed by atoms with Gasteiger partial charge in [0, 0.05) is 33.2 Å². The first kappa shape index (κ1) is 9.77. The monoisotopic (exact) mass is 196 g/mol. The Morgan fingerprint density at radius 2 is 2.14 bits per heavy atom. The van der Waals surface area contributed by atoms with E-state index in [-0.39, 0.29) is 0 Å². The molecule has 1 unspecified atom stereocenters. The molecule has 0 amide bonds. The predicted octanol–water partition coefficient (Wildman–Crippen LogP) is -0.0763. The first-order valence-corrected chi connectivity index (χ1v) is 5.35. The van der Waals surface area contributed by atoms with Crippen molar-refractivity contribution < 1.29 is 0 Å². The van der Waals surface area contributed by atoms with Gasteiger partial charge in [0.05, 0.1) is 6.54 Å². The van der Waals surface area contributed by atoms with Crippen LogP contribution in [-0.2, 0) is 0 Å². The Labute approximate surface area is 86.2 Å². The average molecular weight is 196 g/mol. The lowest BCUT2D eigenvalue weighted by Crippen LogP contribution is -2.44. The second kappa shape index (κ2) is 3.77. The van der Waals surface area contributed by atoms with E-state index in [0.717, 1.165) is 13.1 Å². The number of hydrogen-bond donors (Lipinski definition) is 0. The molecule has 0 N–H and O–H groups in total. The summed E-state index contributed by atoms with van der Waals surface area (Å²) < 4.78 is 0. The number of likely N-dealkylation sites (tertiary alicyclic amines) is 1. The van der Waals surface area contributed by atoms with E-state index in [4.69, 9.17) is 0 Å². The highest BCUT2D eigenvalue weighted by atomic mass is 15.4. The van der Waals surface area contributed by atoms with Crippen LogP contribution in [0.1, 0.15) is 6.42 Å². The highest BCUT2D eigenvalue weighted by Crippen LogP contribution is 2.15. The zero-order valence-corrected chi connectivity index (χ0v) is 9.40. The number of aliphatic imine (C=N–C) groups is 1. The fourth-order valence-electron chi connectivity index (χ4n) is 2.29. The van der Waals surface area contributed by atoms with Gasteiger partial charge in [-0.3, -0.25) is 4.99 Å². The lowest BCUT2D eigenvalue weighted by atomic mass is 10.2. The molecule has 0 bridgehead atoms. The third-order valence-electron chi connectivity index (χ3n) is 3.26. The molecule has 2 aliphatic heterocycles. The van der Waals surface area contributed by atoms with Crippen molar-refractivity contribution in [3.05, 3.63) is 0 Å². The van der Waals surface area contributed by atoms with E-state index in [9.17, 15) is 0 Å². The van der Waals surface area contributed by atoms with E-state index in [0.29, 0.717) is 6.04 Å². The summed E-state index contributed by atoms with van der Waals surface area (Å²) in [6.45, 7) is 4.41. The van der Waals surface area contributed by atoms with Crippen LogP contribution in [-0.4, -0.2) is 74.0 Å². The molecule has 2 rings (SSSR count). The second-order valence-corrected chi connectivity index (χ2v) is 4.42. The first-order valence-electron chi connectivity index (χ1n) is 5.35. The zero-order valence-electron chi connectivity index (χ0n) is 9.40. The third-order valence-corrected chi connectivity index (χ3v) is 3.26. The van der Waals surface area contributed by atoms with E-state index in [1.807, 2.05) is 0 Å². The second-order valence-electron chi connectivity index (χ2n) is 4.42. The van der Waals surface area contributed by atoms with E-state index in [1.165, 1.54) is 25.5 Å². The third kappa shape index (κ3) is 1.71. The van der Waals surface area contributed by atoms with Crippen LogP contribution in [0.4, 0.5) is 0 Å². The van der Waals surface area contributed by atoms with Gasteiger partial charge >= 0.3 is 0 Å². The minimum Gasteiger partial charge on any atom is -0.344 e. The fourth-order valence-corrected chi connectivity index (χ4v) is 2.29. The summed E-state index contributed by atoms with van der Waals surface area (Å²) in [4.78, 5) is 11.5. The topological polar surface area (TPSA) is 22.1 Å². The Hall–Kier alpha value is -0.770. The summed E-state index contributed by atoms with van der Waals surface area (Å²) in [5.41, 5.74) is 0. The summed E-state index contributed by atoms with van der Waals surface area (Å²) in [6.07, 6.45) is 1.26. The molecule has 0 saturated carbocycles. The van der Waals surface area contributed by atoms with Gasteiger partial charge in [-0.1, -0.05) is 0 Å². The Balaban J connectivity index is 1.97. The standard InChI is InChI=1S/C10H20N4/c1-12-6-4-9(8-12)14(3)10-11-5-7-13(10)2/h9H,4-8H2,1-3H3. The van der Waals surface area contributed by atoms with Crippen LogP contribution in [0.2, 0.25) is 0 Å². The van der Waals surface area contributed by atoms with Crippen molar-refractivity contribution in [2.75, 3.05) is 47.3 Å². The van der Waals surface area contributed by atoms with E-state index >= 15 is 0 Å². The maximum atomic E-state index is 4.54. The molecule has 4 heteroatoms. The molecule has 2 aliphatic rings. The molecule has 0 aromatic heterocycles. The van der Waals surface area contributed by atoms with Crippen molar-refractivity contribution in [2.24, 2.45) is 4.99 Å².